The second-order valence-electron chi connectivity index (χ2n) is 4.94. The van der Waals surface area contributed by atoms with Crippen LogP contribution in [0.15, 0.2) is 11.8 Å². The molecule has 1 N–H and O–H groups in total. The lowest BCUT2D eigenvalue weighted by molar-refractivity contribution is -0.404. The van der Waals surface area contributed by atoms with Crippen molar-refractivity contribution in [3.63, 3.8) is 0 Å². The number of ether oxygens (including phenoxy) is 1. The molecule has 0 saturated heterocycles. The minimum absolute atomic E-state index is 0.0547. The number of nitro groups is 1. The second-order valence-corrected chi connectivity index (χ2v) is 4.94. The van der Waals surface area contributed by atoms with E-state index in [1.165, 1.54) is 6.92 Å². The summed E-state index contributed by atoms with van der Waals surface area (Å²) in [6.07, 6.45) is 0.989. The van der Waals surface area contributed by atoms with Crippen molar-refractivity contribution in [1.82, 2.24) is 0 Å². The zero-order valence-corrected chi connectivity index (χ0v) is 12.2. The van der Waals surface area contributed by atoms with Crippen molar-refractivity contribution in [2.24, 2.45) is 17.8 Å². The van der Waals surface area contributed by atoms with Crippen LogP contribution in [-0.4, -0.2) is 28.6 Å². The standard InChI is InChI=1S/C13H21NO6/c1-5-20-13(17)11(9(4)12(15)16)10(6-8(2)3)7-14(18)19/h7-9,11H,5-6H2,1-4H3,(H,15,16). The maximum Gasteiger partial charge on any atom is 0.314 e. The first kappa shape index (κ1) is 18.1. The van der Waals surface area contributed by atoms with Gasteiger partial charge in [0.1, 0.15) is 0 Å². The predicted octanol–water partition coefficient (Wildman–Crippen LogP) is 2.09. The summed E-state index contributed by atoms with van der Waals surface area (Å²) in [4.78, 5) is 33.1. The number of nitrogens with zero attached hydrogens (tertiary/aromatic N) is 1. The van der Waals surface area contributed by atoms with Crippen LogP contribution in [0.1, 0.15) is 34.1 Å². The molecule has 0 fully saturated rings. The SMILES string of the molecule is CCOC(=O)C(C(=C[N+](=O)[O-])CC(C)C)C(C)C(=O)O. The lowest BCUT2D eigenvalue weighted by Gasteiger charge is -2.21. The van der Waals surface area contributed by atoms with Crippen molar-refractivity contribution in [2.75, 3.05) is 6.61 Å². The molecule has 7 heteroatoms. The molecule has 0 radical (unpaired) electrons. The Morgan fingerprint density at radius 2 is 1.90 bits per heavy atom. The van der Waals surface area contributed by atoms with Crippen molar-refractivity contribution >= 4 is 11.9 Å². The Balaban J connectivity index is 5.57. The number of carbonyl (C=O) groups excluding carboxylic acids is 1. The molecule has 20 heavy (non-hydrogen) atoms. The fourth-order valence-electron chi connectivity index (χ4n) is 1.92. The topological polar surface area (TPSA) is 107 Å². The van der Waals surface area contributed by atoms with Crippen LogP contribution in [0.4, 0.5) is 0 Å². The monoisotopic (exact) mass is 287 g/mol. The summed E-state index contributed by atoms with van der Waals surface area (Å²) < 4.78 is 4.85. The highest BCUT2D eigenvalue weighted by Crippen LogP contribution is 2.28. The minimum Gasteiger partial charge on any atom is -0.481 e. The number of carbonyl (C=O) groups is 2. The van der Waals surface area contributed by atoms with E-state index < -0.39 is 28.7 Å². The smallest absolute Gasteiger partial charge is 0.314 e. The van der Waals surface area contributed by atoms with Crippen LogP contribution in [0.3, 0.4) is 0 Å². The van der Waals surface area contributed by atoms with E-state index in [-0.39, 0.29) is 24.5 Å². The van der Waals surface area contributed by atoms with Gasteiger partial charge >= 0.3 is 11.9 Å². The van der Waals surface area contributed by atoms with E-state index >= 15 is 0 Å². The molecule has 0 rings (SSSR count). The first-order valence-electron chi connectivity index (χ1n) is 6.44. The number of rotatable bonds is 8. The van der Waals surface area contributed by atoms with E-state index in [0.29, 0.717) is 0 Å². The molecule has 0 aliphatic carbocycles. The molecule has 0 aromatic heterocycles. The predicted molar refractivity (Wildman–Crippen MR) is 71.5 cm³/mol. The highest BCUT2D eigenvalue weighted by molar-refractivity contribution is 5.83. The lowest BCUT2D eigenvalue weighted by Crippen LogP contribution is -2.31. The third-order valence-electron chi connectivity index (χ3n) is 2.74. The van der Waals surface area contributed by atoms with Crippen LogP contribution in [0.2, 0.25) is 0 Å². The molecule has 0 amide bonds. The third-order valence-corrected chi connectivity index (χ3v) is 2.74. The largest absolute Gasteiger partial charge is 0.481 e. The van der Waals surface area contributed by atoms with Gasteiger partial charge in [-0.15, -0.1) is 0 Å². The Bertz CT molecular complexity index is 402. The number of carboxylic acid groups (broad SMARTS) is 1. The number of aliphatic carboxylic acids is 1. The van der Waals surface area contributed by atoms with Gasteiger partial charge in [0.05, 0.1) is 23.4 Å². The maximum atomic E-state index is 11.9. The average molecular weight is 287 g/mol. The molecular formula is C13H21NO6. The average Bonchev–Trinajstić information content (AvgIpc) is 2.27. The zero-order valence-electron chi connectivity index (χ0n) is 12.2. The molecule has 0 aromatic rings. The molecular weight excluding hydrogens is 266 g/mol. The van der Waals surface area contributed by atoms with Gasteiger partial charge in [0.15, 0.2) is 0 Å². The van der Waals surface area contributed by atoms with Crippen molar-refractivity contribution in [2.45, 2.75) is 34.1 Å². The van der Waals surface area contributed by atoms with Crippen LogP contribution in [0.25, 0.3) is 0 Å². The second kappa shape index (κ2) is 8.29. The Morgan fingerprint density at radius 1 is 1.35 bits per heavy atom. The summed E-state index contributed by atoms with van der Waals surface area (Å²) in [5.74, 6) is -4.10. The Hall–Kier alpha value is -1.92. The summed E-state index contributed by atoms with van der Waals surface area (Å²) in [5, 5.41) is 19.8. The summed E-state index contributed by atoms with van der Waals surface area (Å²) >= 11 is 0. The van der Waals surface area contributed by atoms with Gasteiger partial charge in [0.2, 0.25) is 6.20 Å². The lowest BCUT2D eigenvalue weighted by atomic mass is 9.83. The van der Waals surface area contributed by atoms with Crippen LogP contribution in [0.5, 0.6) is 0 Å². The molecule has 0 saturated carbocycles. The fraction of sp³-hybridized carbons (Fsp3) is 0.692. The normalized spacial score (nSPS) is 14.8. The van der Waals surface area contributed by atoms with Crippen LogP contribution in [-0.2, 0) is 14.3 Å². The Morgan fingerprint density at radius 3 is 2.25 bits per heavy atom. The number of esters is 1. The quantitative estimate of drug-likeness (QED) is 0.416. The minimum atomic E-state index is -1.19. The van der Waals surface area contributed by atoms with Gasteiger partial charge in [-0.05, 0) is 19.3 Å². The molecule has 0 aliphatic heterocycles. The molecule has 0 spiro atoms. The van der Waals surface area contributed by atoms with E-state index in [0.717, 1.165) is 6.20 Å². The zero-order chi connectivity index (χ0) is 15.9. The van der Waals surface area contributed by atoms with Gasteiger partial charge in [0.25, 0.3) is 0 Å². The molecule has 114 valence electrons. The van der Waals surface area contributed by atoms with Crippen molar-refractivity contribution in [3.05, 3.63) is 21.9 Å². The summed E-state index contributed by atoms with van der Waals surface area (Å²) in [5.41, 5.74) is 0.179. The van der Waals surface area contributed by atoms with E-state index in [9.17, 15) is 19.7 Å². The van der Waals surface area contributed by atoms with Gasteiger partial charge in [-0.3, -0.25) is 19.7 Å². The maximum absolute atomic E-state index is 11.9. The molecule has 0 aromatic carbocycles. The number of hydrogen-bond acceptors (Lipinski definition) is 5. The van der Waals surface area contributed by atoms with Crippen molar-refractivity contribution in [1.29, 1.82) is 0 Å². The van der Waals surface area contributed by atoms with Gasteiger partial charge in [-0.2, -0.15) is 0 Å². The van der Waals surface area contributed by atoms with Crippen LogP contribution >= 0.6 is 0 Å². The first-order chi connectivity index (χ1) is 9.20. The Kier molecular flexibility index (Phi) is 7.49. The molecule has 2 atom stereocenters. The molecule has 0 bridgehead atoms. The first-order valence-corrected chi connectivity index (χ1v) is 6.44. The fourth-order valence-corrected chi connectivity index (χ4v) is 1.92. The summed E-state index contributed by atoms with van der Waals surface area (Å²) in [7, 11) is 0. The summed E-state index contributed by atoms with van der Waals surface area (Å²) in [6, 6.07) is 0. The molecule has 0 heterocycles. The summed E-state index contributed by atoms with van der Waals surface area (Å²) in [6.45, 7) is 6.70. The highest BCUT2D eigenvalue weighted by Gasteiger charge is 2.36. The van der Waals surface area contributed by atoms with E-state index in [1.807, 2.05) is 13.8 Å². The van der Waals surface area contributed by atoms with Gasteiger partial charge in [-0.1, -0.05) is 20.8 Å². The van der Waals surface area contributed by atoms with Gasteiger partial charge in [0, 0.05) is 5.57 Å². The van der Waals surface area contributed by atoms with Crippen LogP contribution in [0, 0.1) is 27.9 Å². The van der Waals surface area contributed by atoms with E-state index in [2.05, 4.69) is 0 Å². The third kappa shape index (κ3) is 5.81. The van der Waals surface area contributed by atoms with E-state index in [1.54, 1.807) is 6.92 Å². The molecule has 2 unspecified atom stereocenters. The van der Waals surface area contributed by atoms with Crippen molar-refractivity contribution < 1.29 is 24.4 Å². The van der Waals surface area contributed by atoms with E-state index in [4.69, 9.17) is 9.84 Å². The van der Waals surface area contributed by atoms with Crippen LogP contribution < -0.4 is 0 Å². The van der Waals surface area contributed by atoms with Gasteiger partial charge in [-0.25, -0.2) is 0 Å². The van der Waals surface area contributed by atoms with Crippen molar-refractivity contribution in [3.8, 4) is 0 Å². The molecule has 7 nitrogen and oxygen atoms in total. The number of carboxylic acids is 1. The molecule has 0 aliphatic rings. The highest BCUT2D eigenvalue weighted by atomic mass is 16.6. The Labute approximate surface area is 117 Å². The number of hydrogen-bond donors (Lipinski definition) is 1. The van der Waals surface area contributed by atoms with Gasteiger partial charge < -0.3 is 9.84 Å².